The van der Waals surface area contributed by atoms with Crippen molar-refractivity contribution in [3.63, 3.8) is 0 Å². The second-order valence-electron chi connectivity index (χ2n) is 6.15. The molecular formula is C20H22O4. The normalized spacial score (nSPS) is 30.8. The predicted molar refractivity (Wildman–Crippen MR) is 89.3 cm³/mol. The lowest BCUT2D eigenvalue weighted by Gasteiger charge is -2.39. The van der Waals surface area contributed by atoms with Gasteiger partial charge in [0.05, 0.1) is 25.4 Å². The summed E-state index contributed by atoms with van der Waals surface area (Å²) in [5, 5.41) is 0. The van der Waals surface area contributed by atoms with E-state index in [1.807, 2.05) is 60.7 Å². The maximum absolute atomic E-state index is 6.19. The Morgan fingerprint density at radius 3 is 1.42 bits per heavy atom. The molecule has 2 heterocycles. The molecule has 0 N–H and O–H groups in total. The molecule has 24 heavy (non-hydrogen) atoms. The van der Waals surface area contributed by atoms with Crippen LogP contribution in [0.15, 0.2) is 60.7 Å². The van der Waals surface area contributed by atoms with Gasteiger partial charge in [-0.25, -0.2) is 0 Å². The molecule has 126 valence electrons. The Bertz CT molecular complexity index is 573. The second-order valence-corrected chi connectivity index (χ2v) is 6.15. The smallest absolute Gasteiger partial charge is 0.184 e. The molecule has 0 aromatic heterocycles. The molecule has 4 atom stereocenters. The minimum atomic E-state index is -0.313. The molecule has 2 aromatic rings. The van der Waals surface area contributed by atoms with E-state index in [9.17, 15) is 0 Å². The third-order valence-corrected chi connectivity index (χ3v) is 4.50. The number of rotatable bonds is 3. The van der Waals surface area contributed by atoms with Gasteiger partial charge in [0.1, 0.15) is 0 Å². The quantitative estimate of drug-likeness (QED) is 0.854. The minimum absolute atomic E-state index is 0.0269. The van der Waals surface area contributed by atoms with Gasteiger partial charge in [-0.1, -0.05) is 60.7 Å². The van der Waals surface area contributed by atoms with Crippen LogP contribution in [-0.4, -0.2) is 25.4 Å². The summed E-state index contributed by atoms with van der Waals surface area (Å²) in [6.45, 7) is 1.36. The van der Waals surface area contributed by atoms with E-state index in [0.717, 1.165) is 24.0 Å². The van der Waals surface area contributed by atoms with Gasteiger partial charge in [-0.3, -0.25) is 0 Å². The molecule has 0 bridgehead atoms. The molecule has 0 amide bonds. The first-order valence-corrected chi connectivity index (χ1v) is 8.54. The molecule has 0 aliphatic carbocycles. The summed E-state index contributed by atoms with van der Waals surface area (Å²) in [5.74, 6) is 0. The molecular weight excluding hydrogens is 304 g/mol. The van der Waals surface area contributed by atoms with Gasteiger partial charge >= 0.3 is 0 Å². The van der Waals surface area contributed by atoms with Gasteiger partial charge in [0.2, 0.25) is 0 Å². The molecule has 4 heteroatoms. The Hall–Kier alpha value is -1.72. The summed E-state index contributed by atoms with van der Waals surface area (Å²) < 4.78 is 24.0. The SMILES string of the molecule is c1ccc(C2OCCC(C3CCOC(c4ccccc4)O3)O2)cc1. The topological polar surface area (TPSA) is 36.9 Å². The highest BCUT2D eigenvalue weighted by molar-refractivity contribution is 5.17. The Labute approximate surface area is 142 Å². The molecule has 2 aliphatic rings. The van der Waals surface area contributed by atoms with Crippen LogP contribution in [-0.2, 0) is 18.9 Å². The van der Waals surface area contributed by atoms with Gasteiger partial charge in [-0.2, -0.15) is 0 Å². The molecule has 2 fully saturated rings. The summed E-state index contributed by atoms with van der Waals surface area (Å²) in [7, 11) is 0. The summed E-state index contributed by atoms with van der Waals surface area (Å²) in [4.78, 5) is 0. The first kappa shape index (κ1) is 15.8. The zero-order valence-electron chi connectivity index (χ0n) is 13.5. The number of hydrogen-bond acceptors (Lipinski definition) is 4. The molecule has 2 aliphatic heterocycles. The van der Waals surface area contributed by atoms with Crippen LogP contribution in [0.4, 0.5) is 0 Å². The van der Waals surface area contributed by atoms with Crippen molar-refractivity contribution in [2.24, 2.45) is 0 Å². The average Bonchev–Trinajstić information content (AvgIpc) is 2.70. The first-order valence-electron chi connectivity index (χ1n) is 8.54. The lowest BCUT2D eigenvalue weighted by molar-refractivity contribution is -0.288. The highest BCUT2D eigenvalue weighted by atomic mass is 16.7. The van der Waals surface area contributed by atoms with E-state index in [1.165, 1.54) is 0 Å². The van der Waals surface area contributed by atoms with Crippen molar-refractivity contribution in [2.75, 3.05) is 13.2 Å². The van der Waals surface area contributed by atoms with Crippen molar-refractivity contribution in [3.8, 4) is 0 Å². The fraction of sp³-hybridized carbons (Fsp3) is 0.400. The third-order valence-electron chi connectivity index (χ3n) is 4.50. The summed E-state index contributed by atoms with van der Waals surface area (Å²) in [5.41, 5.74) is 2.10. The largest absolute Gasteiger partial charge is 0.348 e. The molecule has 0 radical (unpaired) electrons. The monoisotopic (exact) mass is 326 g/mol. The molecule has 4 rings (SSSR count). The van der Waals surface area contributed by atoms with Crippen LogP contribution in [0.5, 0.6) is 0 Å². The van der Waals surface area contributed by atoms with E-state index < -0.39 is 0 Å². The van der Waals surface area contributed by atoms with E-state index in [2.05, 4.69) is 0 Å². The maximum Gasteiger partial charge on any atom is 0.184 e. The Kier molecular flexibility index (Phi) is 4.90. The first-order chi connectivity index (χ1) is 11.9. The van der Waals surface area contributed by atoms with Crippen LogP contribution in [0.25, 0.3) is 0 Å². The van der Waals surface area contributed by atoms with E-state index in [4.69, 9.17) is 18.9 Å². The number of hydrogen-bond donors (Lipinski definition) is 0. The molecule has 2 saturated heterocycles. The van der Waals surface area contributed by atoms with Gasteiger partial charge in [-0.05, 0) is 12.8 Å². The van der Waals surface area contributed by atoms with Gasteiger partial charge in [0.25, 0.3) is 0 Å². The molecule has 2 aromatic carbocycles. The fourth-order valence-corrected chi connectivity index (χ4v) is 3.23. The van der Waals surface area contributed by atoms with Gasteiger partial charge in [-0.15, -0.1) is 0 Å². The van der Waals surface area contributed by atoms with Gasteiger partial charge in [0, 0.05) is 11.1 Å². The predicted octanol–water partition coefficient (Wildman–Crippen LogP) is 4.00. The van der Waals surface area contributed by atoms with E-state index in [0.29, 0.717) is 13.2 Å². The standard InChI is InChI=1S/C20H22O4/c1-3-7-15(8-4-1)19-21-13-11-17(23-19)18-12-14-22-20(24-18)16-9-5-2-6-10-16/h1-10,17-20H,11-14H2. The third kappa shape index (κ3) is 3.52. The van der Waals surface area contributed by atoms with Crippen molar-refractivity contribution >= 4 is 0 Å². The van der Waals surface area contributed by atoms with Crippen molar-refractivity contribution in [2.45, 2.75) is 37.6 Å². The highest BCUT2D eigenvalue weighted by Gasteiger charge is 2.35. The van der Waals surface area contributed by atoms with Crippen molar-refractivity contribution < 1.29 is 18.9 Å². The summed E-state index contributed by atoms with van der Waals surface area (Å²) in [6, 6.07) is 20.1. The van der Waals surface area contributed by atoms with Crippen LogP contribution < -0.4 is 0 Å². The Balaban J connectivity index is 1.43. The number of ether oxygens (including phenoxy) is 4. The molecule has 0 saturated carbocycles. The second kappa shape index (κ2) is 7.45. The van der Waals surface area contributed by atoms with Crippen LogP contribution in [0.3, 0.4) is 0 Å². The molecule has 4 nitrogen and oxygen atoms in total. The maximum atomic E-state index is 6.19. The highest BCUT2D eigenvalue weighted by Crippen LogP contribution is 2.34. The average molecular weight is 326 g/mol. The number of benzene rings is 2. The van der Waals surface area contributed by atoms with E-state index >= 15 is 0 Å². The summed E-state index contributed by atoms with van der Waals surface area (Å²) in [6.07, 6.45) is 1.11. The fourth-order valence-electron chi connectivity index (χ4n) is 3.23. The van der Waals surface area contributed by atoms with Crippen LogP contribution in [0, 0.1) is 0 Å². The Morgan fingerprint density at radius 2 is 1.00 bits per heavy atom. The van der Waals surface area contributed by atoms with Crippen molar-refractivity contribution in [1.82, 2.24) is 0 Å². The van der Waals surface area contributed by atoms with Crippen molar-refractivity contribution in [3.05, 3.63) is 71.8 Å². The lowest BCUT2D eigenvalue weighted by atomic mass is 10.0. The molecule has 4 unspecified atom stereocenters. The van der Waals surface area contributed by atoms with E-state index in [1.54, 1.807) is 0 Å². The van der Waals surface area contributed by atoms with Crippen LogP contribution in [0.2, 0.25) is 0 Å². The van der Waals surface area contributed by atoms with Gasteiger partial charge in [0.15, 0.2) is 12.6 Å². The summed E-state index contributed by atoms with van der Waals surface area (Å²) >= 11 is 0. The van der Waals surface area contributed by atoms with E-state index in [-0.39, 0.29) is 24.8 Å². The zero-order chi connectivity index (χ0) is 16.2. The van der Waals surface area contributed by atoms with Gasteiger partial charge < -0.3 is 18.9 Å². The van der Waals surface area contributed by atoms with Crippen molar-refractivity contribution in [1.29, 1.82) is 0 Å². The zero-order valence-corrected chi connectivity index (χ0v) is 13.5. The lowest BCUT2D eigenvalue weighted by Crippen LogP contribution is -2.41. The van der Waals surface area contributed by atoms with Crippen LogP contribution in [0.1, 0.15) is 36.5 Å². The minimum Gasteiger partial charge on any atom is -0.348 e. The molecule has 0 spiro atoms. The van der Waals surface area contributed by atoms with Crippen LogP contribution >= 0.6 is 0 Å². The Morgan fingerprint density at radius 1 is 0.583 bits per heavy atom.